The van der Waals surface area contributed by atoms with E-state index in [0.717, 1.165) is 12.0 Å². The molecule has 0 spiro atoms. The molecule has 1 aromatic carbocycles. The highest BCUT2D eigenvalue weighted by Gasteiger charge is 2.38. The number of hydrogen-bond donors (Lipinski definition) is 2. The van der Waals surface area contributed by atoms with E-state index in [9.17, 15) is 13.5 Å². The molecule has 1 aliphatic rings. The van der Waals surface area contributed by atoms with Crippen LogP contribution in [0.25, 0.3) is 0 Å². The Balaban J connectivity index is 2.04. The largest absolute Gasteiger partial charge is 0.487 e. The lowest BCUT2D eigenvalue weighted by Gasteiger charge is -2.16. The van der Waals surface area contributed by atoms with Crippen LogP contribution in [0.5, 0.6) is 5.75 Å². The molecule has 1 aliphatic heterocycles. The Hall–Kier alpha value is -1.11. The number of aliphatic hydroxyl groups is 1. The first kappa shape index (κ1) is 14.3. The molecule has 106 valence electrons. The molecule has 1 saturated heterocycles. The van der Waals surface area contributed by atoms with Crippen molar-refractivity contribution in [2.45, 2.75) is 31.6 Å². The Morgan fingerprint density at radius 3 is 2.47 bits per heavy atom. The molecule has 6 heteroatoms. The van der Waals surface area contributed by atoms with Crippen LogP contribution in [0.4, 0.5) is 0 Å². The summed E-state index contributed by atoms with van der Waals surface area (Å²) in [5.74, 6) is 0.189. The Morgan fingerprint density at radius 1 is 1.37 bits per heavy atom. The summed E-state index contributed by atoms with van der Waals surface area (Å²) >= 11 is 0. The quantitative estimate of drug-likeness (QED) is 0.847. The number of hydrogen-bond acceptors (Lipinski definition) is 5. The zero-order chi connectivity index (χ0) is 14.0. The van der Waals surface area contributed by atoms with Crippen molar-refractivity contribution in [2.24, 2.45) is 5.73 Å². The molecular weight excluding hydrogens is 266 g/mol. The van der Waals surface area contributed by atoms with Crippen LogP contribution in [0.3, 0.4) is 0 Å². The molecule has 3 N–H and O–H groups in total. The van der Waals surface area contributed by atoms with E-state index in [0.29, 0.717) is 5.75 Å². The first-order chi connectivity index (χ1) is 8.91. The molecule has 3 unspecified atom stereocenters. The molecule has 2 rings (SSSR count). The zero-order valence-corrected chi connectivity index (χ0v) is 11.6. The lowest BCUT2D eigenvalue weighted by Crippen LogP contribution is -2.29. The SMILES string of the molecule is CCC(N)c1ccc(OC2CS(=O)(=O)CC2O)cc1. The molecule has 0 aliphatic carbocycles. The minimum atomic E-state index is -3.19. The van der Waals surface area contributed by atoms with E-state index in [1.807, 2.05) is 19.1 Å². The maximum Gasteiger partial charge on any atom is 0.156 e. The third-order valence-corrected chi connectivity index (χ3v) is 4.99. The van der Waals surface area contributed by atoms with Gasteiger partial charge in [-0.05, 0) is 24.1 Å². The number of aliphatic hydroxyl groups excluding tert-OH is 1. The molecule has 1 aromatic rings. The Morgan fingerprint density at radius 2 is 2.00 bits per heavy atom. The summed E-state index contributed by atoms with van der Waals surface area (Å²) < 4.78 is 28.3. The van der Waals surface area contributed by atoms with Crippen LogP contribution in [0, 0.1) is 0 Å². The van der Waals surface area contributed by atoms with Gasteiger partial charge in [0.2, 0.25) is 0 Å². The van der Waals surface area contributed by atoms with Crippen LogP contribution >= 0.6 is 0 Å². The highest BCUT2D eigenvalue weighted by Crippen LogP contribution is 2.22. The van der Waals surface area contributed by atoms with Crippen molar-refractivity contribution in [3.05, 3.63) is 29.8 Å². The maximum atomic E-state index is 11.4. The van der Waals surface area contributed by atoms with E-state index in [2.05, 4.69) is 0 Å². The van der Waals surface area contributed by atoms with E-state index < -0.39 is 22.0 Å². The molecule has 0 saturated carbocycles. The standard InChI is InChI=1S/C13H19NO4S/c1-2-11(14)9-3-5-10(6-4-9)18-13-8-19(16,17)7-12(13)15/h3-6,11-13,15H,2,7-8,14H2,1H3. The third kappa shape index (κ3) is 3.46. The Kier molecular flexibility index (Phi) is 4.13. The first-order valence-corrected chi connectivity index (χ1v) is 8.14. The fraction of sp³-hybridized carbons (Fsp3) is 0.538. The molecule has 5 nitrogen and oxygen atoms in total. The van der Waals surface area contributed by atoms with E-state index in [1.165, 1.54) is 0 Å². The van der Waals surface area contributed by atoms with Gasteiger partial charge in [-0.2, -0.15) is 0 Å². The van der Waals surface area contributed by atoms with E-state index >= 15 is 0 Å². The average Bonchev–Trinajstić information content (AvgIpc) is 2.62. The Labute approximate surface area is 113 Å². The number of rotatable bonds is 4. The van der Waals surface area contributed by atoms with Crippen molar-refractivity contribution >= 4 is 9.84 Å². The van der Waals surface area contributed by atoms with Gasteiger partial charge < -0.3 is 15.6 Å². The molecule has 1 fully saturated rings. The van der Waals surface area contributed by atoms with Crippen molar-refractivity contribution in [1.82, 2.24) is 0 Å². The van der Waals surface area contributed by atoms with Crippen molar-refractivity contribution in [3.8, 4) is 5.75 Å². The molecular formula is C13H19NO4S. The van der Waals surface area contributed by atoms with Gasteiger partial charge in [0, 0.05) is 6.04 Å². The average molecular weight is 285 g/mol. The molecule has 1 heterocycles. The van der Waals surface area contributed by atoms with Crippen LogP contribution in [-0.4, -0.2) is 37.2 Å². The molecule has 0 bridgehead atoms. The topological polar surface area (TPSA) is 89.6 Å². The highest BCUT2D eigenvalue weighted by atomic mass is 32.2. The van der Waals surface area contributed by atoms with Gasteiger partial charge in [0.25, 0.3) is 0 Å². The predicted octanol–water partition coefficient (Wildman–Crippen LogP) is 0.633. The monoisotopic (exact) mass is 285 g/mol. The molecule has 0 amide bonds. The van der Waals surface area contributed by atoms with Gasteiger partial charge >= 0.3 is 0 Å². The summed E-state index contributed by atoms with van der Waals surface area (Å²) in [6, 6.07) is 7.22. The van der Waals surface area contributed by atoms with Crippen LogP contribution < -0.4 is 10.5 Å². The van der Waals surface area contributed by atoms with Gasteiger partial charge in [-0.15, -0.1) is 0 Å². The third-order valence-electron chi connectivity index (χ3n) is 3.31. The molecule has 19 heavy (non-hydrogen) atoms. The van der Waals surface area contributed by atoms with Crippen molar-refractivity contribution in [2.75, 3.05) is 11.5 Å². The van der Waals surface area contributed by atoms with Crippen LogP contribution in [0.15, 0.2) is 24.3 Å². The second-order valence-electron chi connectivity index (χ2n) is 4.88. The van der Waals surface area contributed by atoms with Crippen molar-refractivity contribution in [3.63, 3.8) is 0 Å². The van der Waals surface area contributed by atoms with Crippen molar-refractivity contribution < 1.29 is 18.3 Å². The fourth-order valence-electron chi connectivity index (χ4n) is 2.11. The van der Waals surface area contributed by atoms with Gasteiger partial charge in [0.05, 0.1) is 11.5 Å². The van der Waals surface area contributed by atoms with E-state index in [-0.39, 0.29) is 17.5 Å². The van der Waals surface area contributed by atoms with E-state index in [4.69, 9.17) is 10.5 Å². The van der Waals surface area contributed by atoms with Gasteiger partial charge in [-0.25, -0.2) is 8.42 Å². The maximum absolute atomic E-state index is 11.4. The summed E-state index contributed by atoms with van der Waals surface area (Å²) in [5.41, 5.74) is 6.91. The normalized spacial score (nSPS) is 27.1. The predicted molar refractivity (Wildman–Crippen MR) is 72.7 cm³/mol. The lowest BCUT2D eigenvalue weighted by atomic mass is 10.1. The van der Waals surface area contributed by atoms with Gasteiger partial charge in [0.1, 0.15) is 18.0 Å². The summed E-state index contributed by atoms with van der Waals surface area (Å²) in [4.78, 5) is 0. The highest BCUT2D eigenvalue weighted by molar-refractivity contribution is 7.91. The van der Waals surface area contributed by atoms with E-state index in [1.54, 1.807) is 12.1 Å². The lowest BCUT2D eigenvalue weighted by molar-refractivity contribution is 0.0738. The second kappa shape index (κ2) is 5.48. The number of nitrogens with two attached hydrogens (primary N) is 1. The minimum Gasteiger partial charge on any atom is -0.487 e. The Bertz CT molecular complexity index is 526. The van der Waals surface area contributed by atoms with Crippen molar-refractivity contribution in [1.29, 1.82) is 0 Å². The number of sulfone groups is 1. The van der Waals surface area contributed by atoms with Crippen LogP contribution in [0.2, 0.25) is 0 Å². The van der Waals surface area contributed by atoms with Gasteiger partial charge in [0.15, 0.2) is 9.84 Å². The number of benzene rings is 1. The van der Waals surface area contributed by atoms with Crippen LogP contribution in [-0.2, 0) is 9.84 Å². The summed E-state index contributed by atoms with van der Waals surface area (Å²) in [6.45, 7) is 2.01. The summed E-state index contributed by atoms with van der Waals surface area (Å²) in [5, 5.41) is 9.64. The molecule has 0 aromatic heterocycles. The molecule has 0 radical (unpaired) electrons. The fourth-order valence-corrected chi connectivity index (χ4v) is 3.78. The first-order valence-electron chi connectivity index (χ1n) is 6.32. The minimum absolute atomic E-state index is 0.00787. The molecule has 3 atom stereocenters. The summed E-state index contributed by atoms with van der Waals surface area (Å²) in [6.07, 6.45) is -0.793. The smallest absolute Gasteiger partial charge is 0.156 e. The van der Waals surface area contributed by atoms with Gasteiger partial charge in [-0.3, -0.25) is 0 Å². The number of ether oxygens (including phenoxy) is 1. The second-order valence-corrected chi connectivity index (χ2v) is 7.04. The van der Waals surface area contributed by atoms with Crippen LogP contribution in [0.1, 0.15) is 24.9 Å². The van der Waals surface area contributed by atoms with Gasteiger partial charge in [-0.1, -0.05) is 19.1 Å². The zero-order valence-electron chi connectivity index (χ0n) is 10.8. The summed E-state index contributed by atoms with van der Waals surface area (Å²) in [7, 11) is -3.19.